The summed E-state index contributed by atoms with van der Waals surface area (Å²) in [7, 11) is 1.39. The van der Waals surface area contributed by atoms with Crippen LogP contribution in [0.25, 0.3) is 0 Å². The summed E-state index contributed by atoms with van der Waals surface area (Å²) in [5.74, 6) is 0.389. The number of esters is 1. The van der Waals surface area contributed by atoms with E-state index < -0.39 is 0 Å². The Hall–Kier alpha value is -2.04. The topological polar surface area (TPSA) is 55.8 Å². The van der Waals surface area contributed by atoms with E-state index in [4.69, 9.17) is 9.47 Å². The van der Waals surface area contributed by atoms with Crippen LogP contribution in [0.1, 0.15) is 31.7 Å². The predicted molar refractivity (Wildman–Crippen MR) is 87.3 cm³/mol. The summed E-state index contributed by atoms with van der Waals surface area (Å²) in [6.07, 6.45) is 2.94. The van der Waals surface area contributed by atoms with E-state index in [1.807, 2.05) is 24.3 Å². The highest BCUT2D eigenvalue weighted by molar-refractivity contribution is 5.78. The Morgan fingerprint density at radius 3 is 2.65 bits per heavy atom. The summed E-state index contributed by atoms with van der Waals surface area (Å²) in [6.45, 7) is 3.62. The Morgan fingerprint density at radius 1 is 1.26 bits per heavy atom. The molecule has 0 aliphatic carbocycles. The van der Waals surface area contributed by atoms with Gasteiger partial charge < -0.3 is 14.4 Å². The molecule has 1 aliphatic rings. The maximum atomic E-state index is 12.2. The molecule has 1 unspecified atom stereocenters. The van der Waals surface area contributed by atoms with Crippen molar-refractivity contribution in [1.82, 2.24) is 4.90 Å². The van der Waals surface area contributed by atoms with Crippen LogP contribution < -0.4 is 4.74 Å². The third-order valence-electron chi connectivity index (χ3n) is 4.22. The molecular weight excluding hydrogens is 294 g/mol. The van der Waals surface area contributed by atoms with E-state index >= 15 is 0 Å². The van der Waals surface area contributed by atoms with Crippen LogP contribution in [0.4, 0.5) is 0 Å². The summed E-state index contributed by atoms with van der Waals surface area (Å²) in [6, 6.07) is 7.92. The first-order valence-electron chi connectivity index (χ1n) is 8.21. The second kappa shape index (κ2) is 8.56. The number of benzene rings is 1. The SMILES string of the molecule is CCc1ccc(OCCC(=O)N2CCCC(C(=O)OC)C2)cc1. The predicted octanol–water partition coefficient (Wildman–Crippen LogP) is 2.43. The van der Waals surface area contributed by atoms with E-state index in [-0.39, 0.29) is 17.8 Å². The van der Waals surface area contributed by atoms with Crippen LogP contribution in [0.3, 0.4) is 0 Å². The highest BCUT2D eigenvalue weighted by atomic mass is 16.5. The molecular formula is C18H25NO4. The number of aryl methyl sites for hydroxylation is 1. The van der Waals surface area contributed by atoms with E-state index in [1.165, 1.54) is 12.7 Å². The third kappa shape index (κ3) is 4.98. The zero-order chi connectivity index (χ0) is 16.7. The molecule has 1 amide bonds. The molecule has 5 nitrogen and oxygen atoms in total. The molecule has 1 aliphatic heterocycles. The molecule has 2 rings (SSSR count). The molecule has 0 spiro atoms. The fraction of sp³-hybridized carbons (Fsp3) is 0.556. The van der Waals surface area contributed by atoms with Gasteiger partial charge in [-0.05, 0) is 37.0 Å². The van der Waals surface area contributed by atoms with Gasteiger partial charge in [0.2, 0.25) is 5.91 Å². The highest BCUT2D eigenvalue weighted by Gasteiger charge is 2.28. The minimum Gasteiger partial charge on any atom is -0.493 e. The van der Waals surface area contributed by atoms with Gasteiger partial charge in [-0.3, -0.25) is 9.59 Å². The van der Waals surface area contributed by atoms with Crippen molar-refractivity contribution < 1.29 is 19.1 Å². The monoisotopic (exact) mass is 319 g/mol. The van der Waals surface area contributed by atoms with Crippen molar-refractivity contribution in [1.29, 1.82) is 0 Å². The molecule has 1 aromatic rings. The van der Waals surface area contributed by atoms with Crippen LogP contribution in [0, 0.1) is 5.92 Å². The van der Waals surface area contributed by atoms with Crippen LogP contribution in [-0.2, 0) is 20.7 Å². The number of likely N-dealkylation sites (tertiary alicyclic amines) is 1. The number of ether oxygens (including phenoxy) is 2. The van der Waals surface area contributed by atoms with Gasteiger partial charge in [-0.25, -0.2) is 0 Å². The molecule has 0 saturated carbocycles. The Kier molecular flexibility index (Phi) is 6.44. The molecule has 5 heteroatoms. The van der Waals surface area contributed by atoms with Crippen molar-refractivity contribution in [3.8, 4) is 5.75 Å². The summed E-state index contributed by atoms with van der Waals surface area (Å²) in [5.41, 5.74) is 1.26. The minimum absolute atomic E-state index is 0.0313. The Bertz CT molecular complexity index is 526. The summed E-state index contributed by atoms with van der Waals surface area (Å²) in [4.78, 5) is 25.6. The number of nitrogens with zero attached hydrogens (tertiary/aromatic N) is 1. The zero-order valence-electron chi connectivity index (χ0n) is 13.9. The van der Waals surface area contributed by atoms with Crippen LogP contribution in [0.15, 0.2) is 24.3 Å². The van der Waals surface area contributed by atoms with Crippen molar-refractivity contribution in [2.45, 2.75) is 32.6 Å². The lowest BCUT2D eigenvalue weighted by molar-refractivity contribution is -0.149. The molecule has 23 heavy (non-hydrogen) atoms. The number of amides is 1. The third-order valence-corrected chi connectivity index (χ3v) is 4.22. The largest absolute Gasteiger partial charge is 0.493 e. The number of piperidine rings is 1. The Morgan fingerprint density at radius 2 is 2.00 bits per heavy atom. The van der Waals surface area contributed by atoms with Gasteiger partial charge in [-0.15, -0.1) is 0 Å². The summed E-state index contributed by atoms with van der Waals surface area (Å²) >= 11 is 0. The first-order chi connectivity index (χ1) is 11.1. The number of carbonyl (C=O) groups is 2. The van der Waals surface area contributed by atoms with Crippen LogP contribution in [0.5, 0.6) is 5.75 Å². The van der Waals surface area contributed by atoms with Crippen molar-refractivity contribution in [2.24, 2.45) is 5.92 Å². The molecule has 0 N–H and O–H groups in total. The van der Waals surface area contributed by atoms with Crippen LogP contribution in [-0.4, -0.2) is 43.6 Å². The van der Waals surface area contributed by atoms with Gasteiger partial charge in [-0.2, -0.15) is 0 Å². The normalized spacial score (nSPS) is 17.7. The molecule has 1 fully saturated rings. The van der Waals surface area contributed by atoms with E-state index in [0.29, 0.717) is 26.1 Å². The second-order valence-electron chi connectivity index (χ2n) is 5.80. The van der Waals surface area contributed by atoms with E-state index in [2.05, 4.69) is 6.92 Å². The molecule has 1 heterocycles. The lowest BCUT2D eigenvalue weighted by Gasteiger charge is -2.31. The minimum atomic E-state index is -0.227. The first kappa shape index (κ1) is 17.3. The number of carbonyl (C=O) groups excluding carboxylic acids is 2. The lowest BCUT2D eigenvalue weighted by atomic mass is 9.98. The van der Waals surface area contributed by atoms with Crippen molar-refractivity contribution in [3.05, 3.63) is 29.8 Å². The van der Waals surface area contributed by atoms with Gasteiger partial charge in [0.25, 0.3) is 0 Å². The second-order valence-corrected chi connectivity index (χ2v) is 5.80. The van der Waals surface area contributed by atoms with Gasteiger partial charge in [0.1, 0.15) is 5.75 Å². The summed E-state index contributed by atoms with van der Waals surface area (Å²) in [5, 5.41) is 0. The molecule has 0 bridgehead atoms. The lowest BCUT2D eigenvalue weighted by Crippen LogP contribution is -2.43. The van der Waals surface area contributed by atoms with Gasteiger partial charge in [0, 0.05) is 13.1 Å². The van der Waals surface area contributed by atoms with Gasteiger partial charge >= 0.3 is 5.97 Å². The number of methoxy groups -OCH3 is 1. The average molecular weight is 319 g/mol. The zero-order valence-corrected chi connectivity index (χ0v) is 13.9. The number of rotatable bonds is 6. The standard InChI is InChI=1S/C18H25NO4/c1-3-14-6-8-16(9-7-14)23-12-10-17(20)19-11-4-5-15(13-19)18(21)22-2/h6-9,15H,3-5,10-13H2,1-2H3. The Labute approximate surface area is 137 Å². The molecule has 126 valence electrons. The fourth-order valence-electron chi connectivity index (χ4n) is 2.80. The maximum Gasteiger partial charge on any atom is 0.310 e. The summed E-state index contributed by atoms with van der Waals surface area (Å²) < 4.78 is 10.4. The first-order valence-corrected chi connectivity index (χ1v) is 8.21. The van der Waals surface area contributed by atoms with Crippen LogP contribution >= 0.6 is 0 Å². The fourth-order valence-corrected chi connectivity index (χ4v) is 2.80. The molecule has 0 aromatic heterocycles. The van der Waals surface area contributed by atoms with Gasteiger partial charge in [0.05, 0.1) is 26.1 Å². The molecule has 0 radical (unpaired) electrons. The molecule has 1 atom stereocenters. The van der Waals surface area contributed by atoms with Crippen LogP contribution in [0.2, 0.25) is 0 Å². The van der Waals surface area contributed by atoms with E-state index in [0.717, 1.165) is 25.0 Å². The molecule has 1 aromatic carbocycles. The number of hydrogen-bond acceptors (Lipinski definition) is 4. The Balaban J connectivity index is 1.76. The van der Waals surface area contributed by atoms with E-state index in [9.17, 15) is 9.59 Å². The van der Waals surface area contributed by atoms with Gasteiger partial charge in [-0.1, -0.05) is 19.1 Å². The van der Waals surface area contributed by atoms with Crippen molar-refractivity contribution in [3.63, 3.8) is 0 Å². The maximum absolute atomic E-state index is 12.2. The average Bonchev–Trinajstić information content (AvgIpc) is 2.61. The van der Waals surface area contributed by atoms with Crippen molar-refractivity contribution in [2.75, 3.05) is 26.8 Å². The molecule has 1 saturated heterocycles. The number of hydrogen-bond donors (Lipinski definition) is 0. The smallest absolute Gasteiger partial charge is 0.310 e. The van der Waals surface area contributed by atoms with Crippen molar-refractivity contribution >= 4 is 11.9 Å². The van der Waals surface area contributed by atoms with Gasteiger partial charge in [0.15, 0.2) is 0 Å². The van der Waals surface area contributed by atoms with E-state index in [1.54, 1.807) is 4.90 Å². The quantitative estimate of drug-likeness (QED) is 0.756. The highest BCUT2D eigenvalue weighted by Crippen LogP contribution is 2.19.